The number of hydrogen-bond donors (Lipinski definition) is 1. The quantitative estimate of drug-likeness (QED) is 0.869. The zero-order valence-corrected chi connectivity index (χ0v) is 10.6. The van der Waals surface area contributed by atoms with Crippen LogP contribution >= 0.6 is 0 Å². The Balaban J connectivity index is 2.09. The van der Waals surface area contributed by atoms with Crippen molar-refractivity contribution in [3.8, 4) is 5.75 Å². The zero-order valence-electron chi connectivity index (χ0n) is 10.6. The highest BCUT2D eigenvalue weighted by Gasteiger charge is 2.36. The molecule has 0 saturated carbocycles. The summed E-state index contributed by atoms with van der Waals surface area (Å²) in [6.45, 7) is 2.94. The second-order valence-electron chi connectivity index (χ2n) is 4.89. The molecular formula is C14H21NO2. The first-order chi connectivity index (χ1) is 8.15. The molecule has 3 heteroatoms. The fraction of sp³-hybridized carbons (Fsp3) is 0.571. The zero-order chi connectivity index (χ0) is 12.3. The van der Waals surface area contributed by atoms with E-state index in [0.29, 0.717) is 0 Å². The molecule has 1 aromatic carbocycles. The van der Waals surface area contributed by atoms with Crippen LogP contribution in [-0.4, -0.2) is 25.4 Å². The molecule has 0 aromatic heterocycles. The number of methoxy groups -OCH3 is 1. The molecule has 1 aliphatic rings. The van der Waals surface area contributed by atoms with Gasteiger partial charge in [-0.15, -0.1) is 0 Å². The summed E-state index contributed by atoms with van der Waals surface area (Å²) in [5.41, 5.74) is 7.26. The van der Waals surface area contributed by atoms with E-state index in [0.717, 1.165) is 37.2 Å². The smallest absolute Gasteiger partial charge is 0.122 e. The van der Waals surface area contributed by atoms with Crippen molar-refractivity contribution in [2.75, 3.05) is 13.7 Å². The summed E-state index contributed by atoms with van der Waals surface area (Å²) in [4.78, 5) is 0. The third kappa shape index (κ3) is 2.61. The first kappa shape index (κ1) is 12.4. The monoisotopic (exact) mass is 235 g/mol. The Hall–Kier alpha value is -1.06. The third-order valence-electron chi connectivity index (χ3n) is 3.67. The highest BCUT2D eigenvalue weighted by Crippen LogP contribution is 2.30. The molecule has 0 spiro atoms. The molecule has 2 unspecified atom stereocenters. The first-order valence-corrected chi connectivity index (χ1v) is 6.17. The molecule has 1 aromatic rings. The summed E-state index contributed by atoms with van der Waals surface area (Å²) in [5.74, 6) is 0.907. The van der Waals surface area contributed by atoms with Crippen molar-refractivity contribution in [3.05, 3.63) is 29.8 Å². The Bertz CT molecular complexity index is 372. The standard InChI is InChI=1S/C14H21NO2/c1-14(8-5-9-17-14)13(15)10-11-6-3-4-7-12(11)16-2/h3-4,6-7,13H,5,8-10,15H2,1-2H3. The number of benzene rings is 1. The fourth-order valence-corrected chi connectivity index (χ4v) is 2.42. The van der Waals surface area contributed by atoms with Crippen molar-refractivity contribution in [1.29, 1.82) is 0 Å². The first-order valence-electron chi connectivity index (χ1n) is 6.17. The molecule has 1 saturated heterocycles. The van der Waals surface area contributed by atoms with Gasteiger partial charge in [-0.25, -0.2) is 0 Å². The van der Waals surface area contributed by atoms with Gasteiger partial charge in [-0.1, -0.05) is 18.2 Å². The van der Waals surface area contributed by atoms with Crippen LogP contribution in [0.4, 0.5) is 0 Å². The number of nitrogens with two attached hydrogens (primary N) is 1. The Morgan fingerprint density at radius 1 is 1.47 bits per heavy atom. The van der Waals surface area contributed by atoms with Gasteiger partial charge in [0.25, 0.3) is 0 Å². The molecule has 0 amide bonds. The van der Waals surface area contributed by atoms with E-state index in [9.17, 15) is 0 Å². The van der Waals surface area contributed by atoms with Crippen molar-refractivity contribution in [2.45, 2.75) is 37.8 Å². The maximum absolute atomic E-state index is 6.29. The molecule has 0 radical (unpaired) electrons. The molecule has 94 valence electrons. The third-order valence-corrected chi connectivity index (χ3v) is 3.67. The molecule has 2 rings (SSSR count). The van der Waals surface area contributed by atoms with Crippen molar-refractivity contribution >= 4 is 0 Å². The van der Waals surface area contributed by atoms with Crippen LogP contribution in [0.15, 0.2) is 24.3 Å². The normalized spacial score (nSPS) is 25.8. The van der Waals surface area contributed by atoms with Crippen molar-refractivity contribution in [2.24, 2.45) is 5.73 Å². The van der Waals surface area contributed by atoms with Crippen LogP contribution in [0.25, 0.3) is 0 Å². The molecule has 2 N–H and O–H groups in total. The van der Waals surface area contributed by atoms with E-state index in [2.05, 4.69) is 13.0 Å². The highest BCUT2D eigenvalue weighted by molar-refractivity contribution is 5.34. The van der Waals surface area contributed by atoms with E-state index in [1.165, 1.54) is 0 Å². The Morgan fingerprint density at radius 3 is 2.88 bits per heavy atom. The topological polar surface area (TPSA) is 44.5 Å². The minimum Gasteiger partial charge on any atom is -0.496 e. The van der Waals surface area contributed by atoms with Crippen LogP contribution in [-0.2, 0) is 11.2 Å². The van der Waals surface area contributed by atoms with Gasteiger partial charge in [-0.2, -0.15) is 0 Å². The lowest BCUT2D eigenvalue weighted by atomic mass is 9.89. The number of rotatable bonds is 4. The Kier molecular flexibility index (Phi) is 3.69. The molecule has 2 atom stereocenters. The van der Waals surface area contributed by atoms with Crippen LogP contribution in [0.5, 0.6) is 5.75 Å². The van der Waals surface area contributed by atoms with Gasteiger partial charge in [0.05, 0.1) is 12.7 Å². The summed E-state index contributed by atoms with van der Waals surface area (Å²) in [7, 11) is 1.69. The van der Waals surface area contributed by atoms with E-state index in [1.807, 2.05) is 18.2 Å². The van der Waals surface area contributed by atoms with Gasteiger partial charge >= 0.3 is 0 Å². The van der Waals surface area contributed by atoms with Crippen LogP contribution in [0.3, 0.4) is 0 Å². The highest BCUT2D eigenvalue weighted by atomic mass is 16.5. The van der Waals surface area contributed by atoms with Gasteiger partial charge in [-0.05, 0) is 37.8 Å². The number of ether oxygens (including phenoxy) is 2. The van der Waals surface area contributed by atoms with Crippen LogP contribution in [0, 0.1) is 0 Å². The summed E-state index contributed by atoms with van der Waals surface area (Å²) in [5, 5.41) is 0. The molecule has 1 fully saturated rings. The lowest BCUT2D eigenvalue weighted by Gasteiger charge is -2.30. The van der Waals surface area contributed by atoms with E-state index in [-0.39, 0.29) is 11.6 Å². The second kappa shape index (κ2) is 5.07. The van der Waals surface area contributed by atoms with Crippen LogP contribution < -0.4 is 10.5 Å². The van der Waals surface area contributed by atoms with Gasteiger partial charge in [0.1, 0.15) is 5.75 Å². The average molecular weight is 235 g/mol. The van der Waals surface area contributed by atoms with Gasteiger partial charge in [0, 0.05) is 12.6 Å². The largest absolute Gasteiger partial charge is 0.496 e. The Morgan fingerprint density at radius 2 is 2.24 bits per heavy atom. The molecule has 0 bridgehead atoms. The van der Waals surface area contributed by atoms with Crippen LogP contribution in [0.1, 0.15) is 25.3 Å². The molecule has 1 heterocycles. The molecule has 17 heavy (non-hydrogen) atoms. The van der Waals surface area contributed by atoms with E-state index in [4.69, 9.17) is 15.2 Å². The fourth-order valence-electron chi connectivity index (χ4n) is 2.42. The summed E-state index contributed by atoms with van der Waals surface area (Å²) < 4.78 is 11.1. The van der Waals surface area contributed by atoms with Gasteiger partial charge < -0.3 is 15.2 Å². The van der Waals surface area contributed by atoms with E-state index < -0.39 is 0 Å². The summed E-state index contributed by atoms with van der Waals surface area (Å²) >= 11 is 0. The van der Waals surface area contributed by atoms with E-state index in [1.54, 1.807) is 7.11 Å². The van der Waals surface area contributed by atoms with Crippen LogP contribution in [0.2, 0.25) is 0 Å². The van der Waals surface area contributed by atoms with Gasteiger partial charge in [0.15, 0.2) is 0 Å². The molecule has 1 aliphatic heterocycles. The minimum absolute atomic E-state index is 0.0151. The second-order valence-corrected chi connectivity index (χ2v) is 4.89. The van der Waals surface area contributed by atoms with E-state index >= 15 is 0 Å². The number of hydrogen-bond acceptors (Lipinski definition) is 3. The number of para-hydroxylation sites is 1. The van der Waals surface area contributed by atoms with Gasteiger partial charge in [-0.3, -0.25) is 0 Å². The van der Waals surface area contributed by atoms with Gasteiger partial charge in [0.2, 0.25) is 0 Å². The predicted octanol–water partition coefficient (Wildman–Crippen LogP) is 2.13. The maximum atomic E-state index is 6.29. The van der Waals surface area contributed by atoms with Crippen molar-refractivity contribution in [1.82, 2.24) is 0 Å². The molecule has 0 aliphatic carbocycles. The maximum Gasteiger partial charge on any atom is 0.122 e. The predicted molar refractivity (Wildman–Crippen MR) is 68.3 cm³/mol. The summed E-state index contributed by atoms with van der Waals surface area (Å²) in [6.07, 6.45) is 2.94. The average Bonchev–Trinajstić information content (AvgIpc) is 2.78. The Labute approximate surface area is 103 Å². The van der Waals surface area contributed by atoms with Crippen molar-refractivity contribution < 1.29 is 9.47 Å². The minimum atomic E-state index is -0.180. The summed E-state index contributed by atoms with van der Waals surface area (Å²) in [6, 6.07) is 8.04. The van der Waals surface area contributed by atoms with Crippen molar-refractivity contribution in [3.63, 3.8) is 0 Å². The molecular weight excluding hydrogens is 214 g/mol. The molecule has 3 nitrogen and oxygen atoms in total. The lowest BCUT2D eigenvalue weighted by molar-refractivity contribution is -0.00100. The lowest BCUT2D eigenvalue weighted by Crippen LogP contribution is -2.46. The SMILES string of the molecule is COc1ccccc1CC(N)C1(C)CCCO1.